The number of thiophene rings is 1. The van der Waals surface area contributed by atoms with Gasteiger partial charge in [0, 0.05) is 23.3 Å². The summed E-state index contributed by atoms with van der Waals surface area (Å²) in [5, 5.41) is 0. The predicted molar refractivity (Wildman–Crippen MR) is 101 cm³/mol. The number of hydrogen-bond donors (Lipinski definition) is 2. The number of hydrazine groups is 1. The molecular formula is C20H22N2O3S. The van der Waals surface area contributed by atoms with E-state index in [1.54, 1.807) is 24.3 Å². The molecule has 0 saturated carbocycles. The van der Waals surface area contributed by atoms with Gasteiger partial charge in [-0.15, -0.1) is 11.3 Å². The van der Waals surface area contributed by atoms with Crippen molar-refractivity contribution in [2.24, 2.45) is 5.92 Å². The fourth-order valence-corrected chi connectivity index (χ4v) is 4.17. The normalized spacial score (nSPS) is 15.8. The monoisotopic (exact) mass is 370 g/mol. The summed E-state index contributed by atoms with van der Waals surface area (Å²) in [7, 11) is 0. The van der Waals surface area contributed by atoms with E-state index in [-0.39, 0.29) is 30.4 Å². The van der Waals surface area contributed by atoms with Crippen molar-refractivity contribution in [3.05, 3.63) is 57.3 Å². The standard InChI is InChI=1S/C20H22N2O3S/c1-13-7-9-17-15(11-13)12-18(26-17)20(25)22-21-19(24)10-8-16(23)14-5-3-2-4-6-14/h2-6,12-13H,7-11H2,1H3,(H,21,24)(H,22,25)/t13-/m1/s1. The number of carbonyl (C=O) groups is 3. The summed E-state index contributed by atoms with van der Waals surface area (Å²) in [5.41, 5.74) is 6.67. The molecule has 0 bridgehead atoms. The molecule has 2 aromatic rings. The van der Waals surface area contributed by atoms with Crippen molar-refractivity contribution in [2.75, 3.05) is 0 Å². The molecule has 0 saturated heterocycles. The summed E-state index contributed by atoms with van der Waals surface area (Å²) in [5.74, 6) is -0.126. The molecular weight excluding hydrogens is 348 g/mol. The molecule has 2 N–H and O–H groups in total. The number of rotatable bonds is 5. The lowest BCUT2D eigenvalue weighted by Gasteiger charge is -2.16. The van der Waals surface area contributed by atoms with E-state index in [4.69, 9.17) is 0 Å². The number of amides is 2. The highest BCUT2D eigenvalue weighted by Gasteiger charge is 2.21. The highest BCUT2D eigenvalue weighted by molar-refractivity contribution is 7.14. The van der Waals surface area contributed by atoms with Crippen LogP contribution in [0.1, 0.15) is 56.7 Å². The highest BCUT2D eigenvalue weighted by Crippen LogP contribution is 2.32. The van der Waals surface area contributed by atoms with Crippen LogP contribution in [0, 0.1) is 5.92 Å². The van der Waals surface area contributed by atoms with Crippen molar-refractivity contribution in [2.45, 2.75) is 39.0 Å². The van der Waals surface area contributed by atoms with Gasteiger partial charge < -0.3 is 0 Å². The molecule has 26 heavy (non-hydrogen) atoms. The van der Waals surface area contributed by atoms with Crippen molar-refractivity contribution in [3.8, 4) is 0 Å². The van der Waals surface area contributed by atoms with Gasteiger partial charge in [0.1, 0.15) is 0 Å². The van der Waals surface area contributed by atoms with Gasteiger partial charge >= 0.3 is 0 Å². The van der Waals surface area contributed by atoms with Crippen molar-refractivity contribution < 1.29 is 14.4 Å². The Labute approximate surface area is 156 Å². The molecule has 0 aliphatic heterocycles. The van der Waals surface area contributed by atoms with Crippen LogP contribution in [0.2, 0.25) is 0 Å². The number of fused-ring (bicyclic) bond motifs is 1. The number of Topliss-reactive ketones (excluding diaryl/α,β-unsaturated/α-hetero) is 1. The Morgan fingerprint density at radius 2 is 1.88 bits per heavy atom. The third kappa shape index (κ3) is 4.58. The van der Waals surface area contributed by atoms with Crippen molar-refractivity contribution in [3.63, 3.8) is 0 Å². The van der Waals surface area contributed by atoms with E-state index in [0.29, 0.717) is 16.4 Å². The molecule has 6 heteroatoms. The van der Waals surface area contributed by atoms with Gasteiger partial charge in [-0.2, -0.15) is 0 Å². The van der Waals surface area contributed by atoms with E-state index in [2.05, 4.69) is 17.8 Å². The summed E-state index contributed by atoms with van der Waals surface area (Å²) in [6, 6.07) is 10.8. The molecule has 1 heterocycles. The van der Waals surface area contributed by atoms with Crippen molar-refractivity contribution in [1.29, 1.82) is 0 Å². The molecule has 1 aliphatic rings. The minimum Gasteiger partial charge on any atom is -0.294 e. The van der Waals surface area contributed by atoms with Crippen LogP contribution in [0.3, 0.4) is 0 Å². The lowest BCUT2D eigenvalue weighted by Crippen LogP contribution is -2.41. The maximum atomic E-state index is 12.2. The average molecular weight is 370 g/mol. The van der Waals surface area contributed by atoms with E-state index in [0.717, 1.165) is 19.3 Å². The summed E-state index contributed by atoms with van der Waals surface area (Å²) in [6.07, 6.45) is 3.32. The molecule has 136 valence electrons. The molecule has 2 amide bonds. The van der Waals surface area contributed by atoms with Crippen molar-refractivity contribution in [1.82, 2.24) is 10.9 Å². The maximum Gasteiger partial charge on any atom is 0.279 e. The number of aryl methyl sites for hydroxylation is 1. The van der Waals surface area contributed by atoms with Gasteiger partial charge in [0.15, 0.2) is 5.78 Å². The van der Waals surface area contributed by atoms with E-state index < -0.39 is 0 Å². The quantitative estimate of drug-likeness (QED) is 0.626. The summed E-state index contributed by atoms with van der Waals surface area (Å²) >= 11 is 1.50. The smallest absolute Gasteiger partial charge is 0.279 e. The van der Waals surface area contributed by atoms with Gasteiger partial charge in [-0.05, 0) is 36.8 Å². The summed E-state index contributed by atoms with van der Waals surface area (Å²) in [4.78, 5) is 38.0. The zero-order valence-corrected chi connectivity index (χ0v) is 15.5. The van der Waals surface area contributed by atoms with Crippen molar-refractivity contribution >= 4 is 28.9 Å². The molecule has 0 radical (unpaired) electrons. The largest absolute Gasteiger partial charge is 0.294 e. The van der Waals surface area contributed by atoms with Gasteiger partial charge in [0.2, 0.25) is 5.91 Å². The third-order valence-electron chi connectivity index (χ3n) is 4.54. The number of hydrogen-bond acceptors (Lipinski definition) is 4. The number of carbonyl (C=O) groups excluding carboxylic acids is 3. The molecule has 0 spiro atoms. The van der Waals surface area contributed by atoms with Crippen LogP contribution in [0.15, 0.2) is 36.4 Å². The lowest BCUT2D eigenvalue weighted by molar-refractivity contribution is -0.121. The SMILES string of the molecule is C[C@@H]1CCc2sc(C(=O)NNC(=O)CCC(=O)c3ccccc3)cc2C1. The Morgan fingerprint density at radius 3 is 2.65 bits per heavy atom. The highest BCUT2D eigenvalue weighted by atomic mass is 32.1. The Kier molecular flexibility index (Phi) is 5.83. The second-order valence-corrected chi connectivity index (χ2v) is 7.84. The molecule has 0 unspecified atom stereocenters. The first-order valence-corrected chi connectivity index (χ1v) is 9.63. The fraction of sp³-hybridized carbons (Fsp3) is 0.350. The topological polar surface area (TPSA) is 75.3 Å². The molecule has 0 fully saturated rings. The molecule has 1 aromatic carbocycles. The van der Waals surface area contributed by atoms with Gasteiger partial charge in [0.25, 0.3) is 5.91 Å². The molecule has 5 nitrogen and oxygen atoms in total. The van der Waals surface area contributed by atoms with Crippen LogP contribution in [0.4, 0.5) is 0 Å². The van der Waals surface area contributed by atoms with Crippen LogP contribution in [-0.2, 0) is 17.6 Å². The summed E-state index contributed by atoms with van der Waals surface area (Å²) in [6.45, 7) is 2.22. The van der Waals surface area contributed by atoms with Crippen LogP contribution in [-0.4, -0.2) is 17.6 Å². The molecule has 1 atom stereocenters. The lowest BCUT2D eigenvalue weighted by atomic mass is 9.90. The fourth-order valence-electron chi connectivity index (χ4n) is 3.06. The molecule has 3 rings (SSSR count). The van der Waals surface area contributed by atoms with Gasteiger partial charge in [-0.3, -0.25) is 25.2 Å². The number of nitrogens with one attached hydrogen (secondary N) is 2. The van der Waals surface area contributed by atoms with E-state index in [1.165, 1.54) is 21.8 Å². The predicted octanol–water partition coefficient (Wildman–Crippen LogP) is 3.30. The first-order valence-electron chi connectivity index (χ1n) is 8.82. The van der Waals surface area contributed by atoms with E-state index in [9.17, 15) is 14.4 Å². The minimum atomic E-state index is -0.377. The first-order chi connectivity index (χ1) is 12.5. The Balaban J connectivity index is 1.46. The van der Waals surface area contributed by atoms with Crippen LogP contribution < -0.4 is 10.9 Å². The second-order valence-electron chi connectivity index (χ2n) is 6.70. The zero-order chi connectivity index (χ0) is 18.5. The minimum absolute atomic E-state index is 0.0342. The van der Waals surface area contributed by atoms with E-state index >= 15 is 0 Å². The summed E-state index contributed by atoms with van der Waals surface area (Å²) < 4.78 is 0. The zero-order valence-electron chi connectivity index (χ0n) is 14.7. The first kappa shape index (κ1) is 18.3. The molecule has 1 aromatic heterocycles. The van der Waals surface area contributed by atoms with Crippen LogP contribution in [0.25, 0.3) is 0 Å². The second kappa shape index (κ2) is 8.27. The van der Waals surface area contributed by atoms with Gasteiger partial charge in [-0.25, -0.2) is 0 Å². The van der Waals surface area contributed by atoms with E-state index in [1.807, 2.05) is 12.1 Å². The van der Waals surface area contributed by atoms with Gasteiger partial charge in [0.05, 0.1) is 4.88 Å². The van der Waals surface area contributed by atoms with Gasteiger partial charge in [-0.1, -0.05) is 37.3 Å². The Bertz CT molecular complexity index is 814. The maximum absolute atomic E-state index is 12.2. The average Bonchev–Trinajstić information content (AvgIpc) is 3.08. The Morgan fingerprint density at radius 1 is 1.12 bits per heavy atom. The number of benzene rings is 1. The van der Waals surface area contributed by atoms with Crippen LogP contribution in [0.5, 0.6) is 0 Å². The Hall–Kier alpha value is -2.47. The third-order valence-corrected chi connectivity index (χ3v) is 5.78. The number of ketones is 1. The van der Waals surface area contributed by atoms with Crippen LogP contribution >= 0.6 is 11.3 Å². The molecule has 1 aliphatic carbocycles.